The normalized spacial score (nSPS) is 16.2. The summed E-state index contributed by atoms with van der Waals surface area (Å²) in [7, 11) is -3.20. The van der Waals surface area contributed by atoms with Crippen LogP contribution in [0.3, 0.4) is 0 Å². The molecule has 0 saturated carbocycles. The molecule has 1 amide bonds. The Morgan fingerprint density at radius 2 is 1.91 bits per heavy atom. The summed E-state index contributed by atoms with van der Waals surface area (Å²) in [5.74, 6) is 0.778. The van der Waals surface area contributed by atoms with E-state index < -0.39 is 9.84 Å². The van der Waals surface area contributed by atoms with Crippen LogP contribution in [0, 0.1) is 0 Å². The second kappa shape index (κ2) is 10.9. The fourth-order valence-electron chi connectivity index (χ4n) is 3.87. The average molecular weight is 475 g/mol. The summed E-state index contributed by atoms with van der Waals surface area (Å²) < 4.78 is 35.0. The Hall–Kier alpha value is -2.74. The first-order valence-corrected chi connectivity index (χ1v) is 13.3. The molecule has 0 N–H and O–H groups in total. The monoisotopic (exact) mass is 474 g/mol. The lowest BCUT2D eigenvalue weighted by Crippen LogP contribution is -2.33. The van der Waals surface area contributed by atoms with Crippen molar-refractivity contribution in [1.29, 1.82) is 0 Å². The lowest BCUT2D eigenvalue weighted by Gasteiger charge is -2.23. The van der Waals surface area contributed by atoms with Crippen molar-refractivity contribution in [3.8, 4) is 5.75 Å². The molecule has 1 saturated heterocycles. The first kappa shape index (κ1) is 24.9. The number of ether oxygens (including phenoxy) is 2. The minimum atomic E-state index is -3.20. The van der Waals surface area contributed by atoms with Crippen LogP contribution in [0.2, 0.25) is 0 Å². The van der Waals surface area contributed by atoms with E-state index >= 15 is 0 Å². The molecule has 0 aromatic heterocycles. The quantitative estimate of drug-likeness (QED) is 0.532. The van der Waals surface area contributed by atoms with E-state index in [9.17, 15) is 13.2 Å². The number of carbonyl (C=O) groups excluding carboxylic acids is 1. The number of amides is 1. The lowest BCUT2D eigenvalue weighted by molar-refractivity contribution is 0.0744. The van der Waals surface area contributed by atoms with Gasteiger partial charge in [0.15, 0.2) is 9.84 Å². The van der Waals surface area contributed by atoms with Crippen LogP contribution in [0.15, 0.2) is 53.4 Å². The molecule has 1 aliphatic heterocycles. The zero-order chi connectivity index (χ0) is 24.0. The van der Waals surface area contributed by atoms with E-state index in [1.165, 1.54) is 6.26 Å². The number of hydrogen-bond donors (Lipinski definition) is 0. The molecule has 0 bridgehead atoms. The maximum Gasteiger partial charge on any atom is 0.410 e. The molecular formula is C25H34N2O5S. The number of carbonyl (C=O) groups is 1. The minimum absolute atomic E-state index is 0.0347. The second-order valence-electron chi connectivity index (χ2n) is 8.74. The van der Waals surface area contributed by atoms with Crippen LogP contribution >= 0.6 is 0 Å². The van der Waals surface area contributed by atoms with Crippen molar-refractivity contribution < 1.29 is 22.7 Å². The van der Waals surface area contributed by atoms with Crippen LogP contribution in [0.1, 0.15) is 39.2 Å². The lowest BCUT2D eigenvalue weighted by atomic mass is 10.2. The highest BCUT2D eigenvalue weighted by molar-refractivity contribution is 7.90. The van der Waals surface area contributed by atoms with Gasteiger partial charge >= 0.3 is 6.09 Å². The highest BCUT2D eigenvalue weighted by Crippen LogP contribution is 2.25. The zero-order valence-electron chi connectivity index (χ0n) is 19.9. The second-order valence-corrected chi connectivity index (χ2v) is 10.8. The highest BCUT2D eigenvalue weighted by atomic mass is 32.2. The Bertz CT molecular complexity index is 1040. The summed E-state index contributed by atoms with van der Waals surface area (Å²) in [4.78, 5) is 16.6. The van der Waals surface area contributed by atoms with Crippen LogP contribution < -0.4 is 9.64 Å². The van der Waals surface area contributed by atoms with Crippen molar-refractivity contribution in [1.82, 2.24) is 4.90 Å². The number of benzene rings is 2. The van der Waals surface area contributed by atoms with Crippen LogP contribution in [0.5, 0.6) is 5.75 Å². The standard InChI is InChI=1S/C25H34N2O5S/c1-5-14-27(25(28)31-19(2)3)17-20-7-6-8-22(16-20)32-23-13-15-26(18-23)21-9-11-24(12-10-21)33(4,29)30/h6-12,16,19,23H,5,13-15,17-18H2,1-4H3/t23-/m0/s1. The van der Waals surface area contributed by atoms with Crippen molar-refractivity contribution in [2.75, 3.05) is 30.8 Å². The third-order valence-electron chi connectivity index (χ3n) is 5.44. The number of hydrogen-bond acceptors (Lipinski definition) is 6. The third kappa shape index (κ3) is 7.12. The molecule has 0 spiro atoms. The first-order valence-electron chi connectivity index (χ1n) is 11.4. The van der Waals surface area contributed by atoms with E-state index in [4.69, 9.17) is 9.47 Å². The molecule has 0 unspecified atom stereocenters. The Kier molecular flexibility index (Phi) is 8.24. The molecule has 0 aliphatic carbocycles. The third-order valence-corrected chi connectivity index (χ3v) is 6.57. The molecule has 8 heteroatoms. The van der Waals surface area contributed by atoms with Gasteiger partial charge in [0, 0.05) is 38.0 Å². The van der Waals surface area contributed by atoms with Gasteiger partial charge in [-0.15, -0.1) is 0 Å². The molecule has 7 nitrogen and oxygen atoms in total. The summed E-state index contributed by atoms with van der Waals surface area (Å²) >= 11 is 0. The Balaban J connectivity index is 1.60. The summed E-state index contributed by atoms with van der Waals surface area (Å²) in [6.45, 7) is 8.41. The summed E-state index contributed by atoms with van der Waals surface area (Å²) in [6.07, 6.45) is 2.52. The fraction of sp³-hybridized carbons (Fsp3) is 0.480. The molecule has 1 heterocycles. The Morgan fingerprint density at radius 3 is 2.55 bits per heavy atom. The van der Waals surface area contributed by atoms with Crippen LogP contribution in [0.25, 0.3) is 0 Å². The SMILES string of the molecule is CCCN(Cc1cccc(O[C@H]2CCN(c3ccc(S(C)(=O)=O)cc3)C2)c1)C(=O)OC(C)C. The van der Waals surface area contributed by atoms with Gasteiger partial charge in [-0.2, -0.15) is 0 Å². The van der Waals surface area contributed by atoms with Crippen LogP contribution in [0.4, 0.5) is 10.5 Å². The minimum Gasteiger partial charge on any atom is -0.489 e. The Labute approximate surface area is 197 Å². The first-order chi connectivity index (χ1) is 15.7. The molecule has 2 aromatic rings. The molecule has 1 aliphatic rings. The topological polar surface area (TPSA) is 76.2 Å². The summed E-state index contributed by atoms with van der Waals surface area (Å²) in [5, 5.41) is 0. The van der Waals surface area contributed by atoms with Crippen molar-refractivity contribution >= 4 is 21.6 Å². The average Bonchev–Trinajstić information content (AvgIpc) is 3.21. The van der Waals surface area contributed by atoms with Crippen LogP contribution in [-0.4, -0.2) is 57.5 Å². The van der Waals surface area contributed by atoms with Crippen molar-refractivity contribution in [3.05, 3.63) is 54.1 Å². The molecule has 0 radical (unpaired) electrons. The van der Waals surface area contributed by atoms with Gasteiger partial charge in [0.2, 0.25) is 0 Å². The predicted octanol–water partition coefficient (Wildman–Crippen LogP) is 4.50. The molecule has 2 aromatic carbocycles. The smallest absolute Gasteiger partial charge is 0.410 e. The number of rotatable bonds is 9. The molecule has 3 rings (SSSR count). The van der Waals surface area contributed by atoms with Gasteiger partial charge in [0.1, 0.15) is 11.9 Å². The van der Waals surface area contributed by atoms with E-state index in [0.29, 0.717) is 18.0 Å². The summed E-state index contributed by atoms with van der Waals surface area (Å²) in [5.41, 5.74) is 1.98. The summed E-state index contributed by atoms with van der Waals surface area (Å²) in [6, 6.07) is 14.8. The molecule has 1 fully saturated rings. The maximum atomic E-state index is 12.4. The Morgan fingerprint density at radius 1 is 1.18 bits per heavy atom. The van der Waals surface area contributed by atoms with Gasteiger partial charge < -0.3 is 19.3 Å². The van der Waals surface area contributed by atoms with Crippen LogP contribution in [-0.2, 0) is 21.1 Å². The maximum absolute atomic E-state index is 12.4. The van der Waals surface area contributed by atoms with Crippen molar-refractivity contribution in [2.24, 2.45) is 0 Å². The van der Waals surface area contributed by atoms with Gasteiger partial charge in [-0.3, -0.25) is 0 Å². The van der Waals surface area contributed by atoms with Gasteiger partial charge in [0.25, 0.3) is 0 Å². The number of sulfone groups is 1. The zero-order valence-corrected chi connectivity index (χ0v) is 20.7. The van der Waals surface area contributed by atoms with Gasteiger partial charge in [-0.05, 0) is 62.2 Å². The van der Waals surface area contributed by atoms with E-state index in [1.807, 2.05) is 57.2 Å². The largest absolute Gasteiger partial charge is 0.489 e. The number of nitrogens with zero attached hydrogens (tertiary/aromatic N) is 2. The molecular weight excluding hydrogens is 440 g/mol. The number of anilines is 1. The molecule has 1 atom stereocenters. The van der Waals surface area contributed by atoms with Gasteiger partial charge in [-0.25, -0.2) is 13.2 Å². The fourth-order valence-corrected chi connectivity index (χ4v) is 4.50. The van der Waals surface area contributed by atoms with Crippen molar-refractivity contribution in [2.45, 2.75) is 57.3 Å². The van der Waals surface area contributed by atoms with E-state index in [-0.39, 0.29) is 18.3 Å². The van der Waals surface area contributed by atoms with Gasteiger partial charge in [0.05, 0.1) is 17.5 Å². The van der Waals surface area contributed by atoms with E-state index in [1.54, 1.807) is 17.0 Å². The molecule has 33 heavy (non-hydrogen) atoms. The van der Waals surface area contributed by atoms with Gasteiger partial charge in [-0.1, -0.05) is 19.1 Å². The van der Waals surface area contributed by atoms with E-state index in [0.717, 1.165) is 42.9 Å². The predicted molar refractivity (Wildman–Crippen MR) is 130 cm³/mol. The highest BCUT2D eigenvalue weighted by Gasteiger charge is 2.25. The van der Waals surface area contributed by atoms with E-state index in [2.05, 4.69) is 4.90 Å². The van der Waals surface area contributed by atoms with Crippen molar-refractivity contribution in [3.63, 3.8) is 0 Å². The molecule has 180 valence electrons.